The maximum Gasteiger partial charge on any atom is 0.213 e. The van der Waals surface area contributed by atoms with E-state index in [0.717, 1.165) is 11.1 Å². The number of aromatic nitrogens is 2. The minimum absolute atomic E-state index is 0.446. The number of hydrogen-bond donors (Lipinski definition) is 1. The molecule has 136 valence electrons. The van der Waals surface area contributed by atoms with Gasteiger partial charge >= 0.3 is 0 Å². The molecule has 0 bridgehead atoms. The van der Waals surface area contributed by atoms with Gasteiger partial charge < -0.3 is 9.84 Å². The zero-order valence-corrected chi connectivity index (χ0v) is 15.8. The van der Waals surface area contributed by atoms with E-state index in [4.69, 9.17) is 4.74 Å². The van der Waals surface area contributed by atoms with Crippen molar-refractivity contribution >= 4 is 22.1 Å². The molecule has 0 saturated heterocycles. The Bertz CT molecular complexity index is 1030. The Morgan fingerprint density at radius 3 is 2.59 bits per heavy atom. The number of hydrogen-bond acceptors (Lipinski definition) is 5. The number of aliphatic hydroxyl groups is 1. The van der Waals surface area contributed by atoms with Crippen molar-refractivity contribution in [3.8, 4) is 5.88 Å². The number of rotatable bonds is 6. The third-order valence-electron chi connectivity index (χ3n) is 4.71. The van der Waals surface area contributed by atoms with Gasteiger partial charge in [0, 0.05) is 29.4 Å². The average Bonchev–Trinajstić information content (AvgIpc) is 3.27. The summed E-state index contributed by atoms with van der Waals surface area (Å²) in [5, 5.41) is 16.0. The summed E-state index contributed by atoms with van der Waals surface area (Å²) in [6.07, 6.45) is 3.90. The lowest BCUT2D eigenvalue weighted by Crippen LogP contribution is -2.26. The van der Waals surface area contributed by atoms with Gasteiger partial charge in [0.15, 0.2) is 0 Å². The number of benzene rings is 2. The standard InChI is InChI=1S/C22H20N2O2S/c1-2-22(25,21-23-11-12-27-21)19-9-10-20(24-14-19)26-15-16-7-8-17-5-3-4-6-18(17)13-16/h3-14,25H,2,15H2,1H3. The van der Waals surface area contributed by atoms with Gasteiger partial charge in [-0.1, -0.05) is 43.3 Å². The van der Waals surface area contributed by atoms with Crippen LogP contribution in [0.5, 0.6) is 5.88 Å². The van der Waals surface area contributed by atoms with E-state index in [1.807, 2.05) is 30.5 Å². The summed E-state index contributed by atoms with van der Waals surface area (Å²) in [5.41, 5.74) is 0.698. The van der Waals surface area contributed by atoms with Crippen molar-refractivity contribution in [3.05, 3.63) is 88.5 Å². The molecule has 0 saturated carbocycles. The molecule has 0 radical (unpaired) electrons. The maximum absolute atomic E-state index is 11.0. The molecule has 2 aromatic heterocycles. The lowest BCUT2D eigenvalue weighted by Gasteiger charge is -2.24. The van der Waals surface area contributed by atoms with Crippen LogP contribution in [0.3, 0.4) is 0 Å². The topological polar surface area (TPSA) is 55.2 Å². The van der Waals surface area contributed by atoms with E-state index in [-0.39, 0.29) is 0 Å². The molecule has 0 aliphatic heterocycles. The fourth-order valence-electron chi connectivity index (χ4n) is 3.10. The summed E-state index contributed by atoms with van der Waals surface area (Å²) in [6.45, 7) is 2.38. The van der Waals surface area contributed by atoms with Crippen LogP contribution in [-0.4, -0.2) is 15.1 Å². The zero-order chi connectivity index (χ0) is 18.7. The molecule has 1 unspecified atom stereocenters. The van der Waals surface area contributed by atoms with Gasteiger partial charge in [0.05, 0.1) is 0 Å². The lowest BCUT2D eigenvalue weighted by molar-refractivity contribution is 0.0757. The molecule has 2 aromatic carbocycles. The summed E-state index contributed by atoms with van der Waals surface area (Å²) in [7, 11) is 0. The van der Waals surface area contributed by atoms with Gasteiger partial charge in [-0.3, -0.25) is 0 Å². The first-order chi connectivity index (χ1) is 13.2. The Balaban J connectivity index is 1.49. The van der Waals surface area contributed by atoms with Gasteiger partial charge in [-0.05, 0) is 34.9 Å². The SMILES string of the molecule is CCC(O)(c1ccc(OCc2ccc3ccccc3c2)nc1)c1nccs1. The number of fused-ring (bicyclic) bond motifs is 1. The summed E-state index contributed by atoms with van der Waals surface area (Å²) in [5.74, 6) is 0.532. The first-order valence-electron chi connectivity index (χ1n) is 8.88. The fourth-order valence-corrected chi connectivity index (χ4v) is 3.93. The van der Waals surface area contributed by atoms with Gasteiger partial charge in [-0.25, -0.2) is 9.97 Å². The number of pyridine rings is 1. The summed E-state index contributed by atoms with van der Waals surface area (Å²) in [4.78, 5) is 8.64. The minimum Gasteiger partial charge on any atom is -0.473 e. The van der Waals surface area contributed by atoms with Crippen molar-refractivity contribution in [1.29, 1.82) is 0 Å². The van der Waals surface area contributed by atoms with E-state index >= 15 is 0 Å². The van der Waals surface area contributed by atoms with Crippen LogP contribution in [0.1, 0.15) is 29.5 Å². The van der Waals surface area contributed by atoms with Crippen LogP contribution < -0.4 is 4.74 Å². The Hall–Kier alpha value is -2.76. The van der Waals surface area contributed by atoms with Crippen molar-refractivity contribution in [2.24, 2.45) is 0 Å². The number of thiazole rings is 1. The Morgan fingerprint density at radius 2 is 1.89 bits per heavy atom. The van der Waals surface area contributed by atoms with Crippen molar-refractivity contribution in [1.82, 2.24) is 9.97 Å². The largest absolute Gasteiger partial charge is 0.473 e. The van der Waals surface area contributed by atoms with Crippen molar-refractivity contribution in [2.75, 3.05) is 0 Å². The second-order valence-electron chi connectivity index (χ2n) is 6.41. The Labute approximate surface area is 162 Å². The molecular formula is C22H20N2O2S. The van der Waals surface area contributed by atoms with E-state index in [9.17, 15) is 5.11 Å². The molecule has 4 nitrogen and oxygen atoms in total. The predicted octanol–water partition coefficient (Wildman–Crippen LogP) is 4.92. The van der Waals surface area contributed by atoms with Gasteiger partial charge in [0.2, 0.25) is 5.88 Å². The van der Waals surface area contributed by atoms with E-state index < -0.39 is 5.60 Å². The van der Waals surface area contributed by atoms with Crippen LogP contribution in [0, 0.1) is 0 Å². The number of nitrogens with zero attached hydrogens (tertiary/aromatic N) is 2. The molecule has 0 fully saturated rings. The lowest BCUT2D eigenvalue weighted by atomic mass is 9.93. The minimum atomic E-state index is -1.11. The molecule has 0 amide bonds. The molecule has 5 heteroatoms. The van der Waals surface area contributed by atoms with Crippen LogP contribution in [0.4, 0.5) is 0 Å². The maximum atomic E-state index is 11.0. The van der Waals surface area contributed by atoms with Gasteiger partial charge in [-0.15, -0.1) is 11.3 Å². The fraction of sp³-hybridized carbons (Fsp3) is 0.182. The van der Waals surface area contributed by atoms with Crippen LogP contribution >= 0.6 is 11.3 Å². The van der Waals surface area contributed by atoms with E-state index in [0.29, 0.717) is 23.9 Å². The second-order valence-corrected chi connectivity index (χ2v) is 7.30. The second kappa shape index (κ2) is 7.47. The molecule has 1 atom stereocenters. The van der Waals surface area contributed by atoms with Crippen molar-refractivity contribution in [2.45, 2.75) is 25.6 Å². The average molecular weight is 376 g/mol. The summed E-state index contributed by atoms with van der Waals surface area (Å²) >= 11 is 1.44. The Kier molecular flexibility index (Phi) is 4.88. The molecule has 27 heavy (non-hydrogen) atoms. The molecule has 4 aromatic rings. The van der Waals surface area contributed by atoms with Crippen LogP contribution in [0.2, 0.25) is 0 Å². The van der Waals surface area contributed by atoms with E-state index in [1.54, 1.807) is 18.5 Å². The van der Waals surface area contributed by atoms with Gasteiger partial charge in [0.25, 0.3) is 0 Å². The predicted molar refractivity (Wildman–Crippen MR) is 108 cm³/mol. The van der Waals surface area contributed by atoms with Crippen LogP contribution in [-0.2, 0) is 12.2 Å². The molecule has 1 N–H and O–H groups in total. The summed E-state index contributed by atoms with van der Waals surface area (Å²) in [6, 6.07) is 18.2. The van der Waals surface area contributed by atoms with Crippen LogP contribution in [0.15, 0.2) is 72.4 Å². The Morgan fingerprint density at radius 1 is 1.04 bits per heavy atom. The third-order valence-corrected chi connectivity index (χ3v) is 5.64. The number of ether oxygens (including phenoxy) is 1. The van der Waals surface area contributed by atoms with Crippen LogP contribution in [0.25, 0.3) is 10.8 Å². The van der Waals surface area contributed by atoms with Crippen molar-refractivity contribution < 1.29 is 9.84 Å². The smallest absolute Gasteiger partial charge is 0.213 e. The van der Waals surface area contributed by atoms with Gasteiger partial charge in [-0.2, -0.15) is 0 Å². The third kappa shape index (κ3) is 3.56. The summed E-state index contributed by atoms with van der Waals surface area (Å²) < 4.78 is 5.83. The zero-order valence-electron chi connectivity index (χ0n) is 15.0. The highest BCUT2D eigenvalue weighted by molar-refractivity contribution is 7.09. The molecule has 0 aliphatic carbocycles. The first kappa shape index (κ1) is 17.6. The molecule has 0 spiro atoms. The molecule has 4 rings (SSSR count). The normalized spacial score (nSPS) is 13.4. The quantitative estimate of drug-likeness (QED) is 0.519. The van der Waals surface area contributed by atoms with Gasteiger partial charge in [0.1, 0.15) is 17.2 Å². The molecular weight excluding hydrogens is 356 g/mol. The van der Waals surface area contributed by atoms with E-state index in [1.165, 1.54) is 22.1 Å². The van der Waals surface area contributed by atoms with E-state index in [2.05, 4.69) is 40.3 Å². The highest BCUT2D eigenvalue weighted by atomic mass is 32.1. The monoisotopic (exact) mass is 376 g/mol. The highest BCUT2D eigenvalue weighted by Crippen LogP contribution is 2.34. The molecule has 2 heterocycles. The highest BCUT2D eigenvalue weighted by Gasteiger charge is 2.32. The van der Waals surface area contributed by atoms with Crippen molar-refractivity contribution in [3.63, 3.8) is 0 Å². The first-order valence-corrected chi connectivity index (χ1v) is 9.76. The molecule has 0 aliphatic rings.